The van der Waals surface area contributed by atoms with Gasteiger partial charge in [-0.2, -0.15) is 9.13 Å². The van der Waals surface area contributed by atoms with Crippen LogP contribution < -0.4 is 26.3 Å². The molecule has 0 saturated carbocycles. The van der Waals surface area contributed by atoms with Crippen molar-refractivity contribution >= 4 is 11.0 Å². The lowest BCUT2D eigenvalue weighted by molar-refractivity contribution is -0.669. The molecular weight excluding hydrogens is 482 g/mol. The highest BCUT2D eigenvalue weighted by atomic mass is 79.9. The van der Waals surface area contributed by atoms with Crippen molar-refractivity contribution in [1.82, 2.24) is 4.57 Å². The van der Waals surface area contributed by atoms with Crippen LogP contribution in [0.15, 0.2) is 90.0 Å². The quantitative estimate of drug-likeness (QED) is 0.102. The number of hydrogen-bond acceptors (Lipinski definition) is 3. The van der Waals surface area contributed by atoms with Gasteiger partial charge in [-0.1, -0.05) is 77.9 Å². The third-order valence-electron chi connectivity index (χ3n) is 5.15. The molecule has 0 atom stereocenters. The molecule has 7 nitrogen and oxygen atoms in total. The third kappa shape index (κ3) is 6.35. The van der Waals surface area contributed by atoms with Gasteiger partial charge in [0.15, 0.2) is 11.0 Å². The van der Waals surface area contributed by atoms with E-state index in [1.165, 1.54) is 11.1 Å². The van der Waals surface area contributed by atoms with Gasteiger partial charge in [0.05, 0.1) is 13.2 Å². The number of azide groups is 1. The summed E-state index contributed by atoms with van der Waals surface area (Å²) in [5.74, 6) is 0. The van der Waals surface area contributed by atoms with Crippen molar-refractivity contribution in [1.29, 1.82) is 0 Å². The fraction of sp³-hybridized carbons (Fsp3) is 0.240. The van der Waals surface area contributed by atoms with Crippen LogP contribution in [-0.2, 0) is 17.8 Å². The molecule has 4 aromatic rings. The second kappa shape index (κ2) is 12.6. The summed E-state index contributed by atoms with van der Waals surface area (Å²) in [6.45, 7) is 2.92. The van der Waals surface area contributed by atoms with Crippen LogP contribution in [0, 0.1) is 0 Å². The Kier molecular flexibility index (Phi) is 9.32. The molecule has 0 N–H and O–H groups in total. The number of nitrogens with zero attached hydrogens (tertiary/aromatic N) is 5. The maximum Gasteiger partial charge on any atom is 0.457 e. The number of fused-ring (bicyclic) bond motifs is 1. The molecule has 0 fully saturated rings. The summed E-state index contributed by atoms with van der Waals surface area (Å²) in [6, 6.07) is 29.9. The lowest BCUT2D eigenvalue weighted by Crippen LogP contribution is -3.00. The highest BCUT2D eigenvalue weighted by molar-refractivity contribution is 5.73. The van der Waals surface area contributed by atoms with Crippen LogP contribution in [0.25, 0.3) is 21.5 Å². The minimum atomic E-state index is 0. The smallest absolute Gasteiger partial charge is 0.457 e. The highest BCUT2D eigenvalue weighted by Gasteiger charge is 2.27. The van der Waals surface area contributed by atoms with Gasteiger partial charge < -0.3 is 26.5 Å². The van der Waals surface area contributed by atoms with Gasteiger partial charge in [-0.3, -0.25) is 0 Å². The lowest BCUT2D eigenvalue weighted by Gasteiger charge is -2.08. The largest absolute Gasteiger partial charge is 1.00 e. The van der Waals surface area contributed by atoms with Crippen molar-refractivity contribution in [3.63, 3.8) is 0 Å². The Bertz CT molecular complexity index is 1110. The minimum absolute atomic E-state index is 0. The van der Waals surface area contributed by atoms with Crippen molar-refractivity contribution in [2.24, 2.45) is 5.11 Å². The van der Waals surface area contributed by atoms with Crippen LogP contribution in [0.5, 0.6) is 6.01 Å². The maximum atomic E-state index is 8.36. The zero-order valence-electron chi connectivity index (χ0n) is 18.3. The zero-order valence-corrected chi connectivity index (χ0v) is 19.8. The molecule has 0 radical (unpaired) electrons. The maximum absolute atomic E-state index is 8.36. The monoisotopic (exact) mass is 507 g/mol. The molecule has 8 heteroatoms. The molecule has 0 amide bonds. The summed E-state index contributed by atoms with van der Waals surface area (Å²) in [7, 11) is 0. The molecule has 0 aliphatic carbocycles. The molecule has 1 aromatic heterocycles. The molecule has 4 rings (SSSR count). The summed E-state index contributed by atoms with van der Waals surface area (Å²) in [5.41, 5.74) is 13.0. The Morgan fingerprint density at radius 3 is 2.21 bits per heavy atom. The second-order valence-electron chi connectivity index (χ2n) is 7.33. The van der Waals surface area contributed by atoms with Gasteiger partial charge in [0.25, 0.3) is 0 Å². The van der Waals surface area contributed by atoms with Gasteiger partial charge in [0, 0.05) is 11.5 Å². The first-order valence-corrected chi connectivity index (χ1v) is 10.7. The van der Waals surface area contributed by atoms with Crippen LogP contribution in [0.3, 0.4) is 0 Å². The number of aromatic nitrogens is 2. The van der Waals surface area contributed by atoms with E-state index in [2.05, 4.69) is 92.0 Å². The van der Waals surface area contributed by atoms with Crippen LogP contribution >= 0.6 is 0 Å². The Morgan fingerprint density at radius 2 is 1.48 bits per heavy atom. The fourth-order valence-corrected chi connectivity index (χ4v) is 3.71. The molecule has 0 unspecified atom stereocenters. The van der Waals surface area contributed by atoms with E-state index in [9.17, 15) is 0 Å². The van der Waals surface area contributed by atoms with Gasteiger partial charge in [0.1, 0.15) is 19.7 Å². The normalized spacial score (nSPS) is 10.4. The Labute approximate surface area is 203 Å². The SMILES string of the molecule is [Br-].[N-]=[N+]=NCCOCCOc1n(Cc2ccccc2)c2ccccc2[n+]1Cc1ccccc1. The molecule has 0 spiro atoms. The Hall–Kier alpha value is -3.32. The van der Waals surface area contributed by atoms with E-state index in [1.54, 1.807) is 0 Å². The minimum Gasteiger partial charge on any atom is -1.00 e. The molecule has 170 valence electrons. The number of hydrogen-bond donors (Lipinski definition) is 0. The first-order valence-electron chi connectivity index (χ1n) is 10.7. The molecule has 0 saturated heterocycles. The summed E-state index contributed by atoms with van der Waals surface area (Å²) >= 11 is 0. The molecule has 0 bridgehead atoms. The predicted molar refractivity (Wildman–Crippen MR) is 124 cm³/mol. The van der Waals surface area contributed by atoms with Crippen molar-refractivity contribution < 1.29 is 31.0 Å². The van der Waals surface area contributed by atoms with Crippen LogP contribution in [0.4, 0.5) is 0 Å². The summed E-state index contributed by atoms with van der Waals surface area (Å²) < 4.78 is 16.3. The second-order valence-corrected chi connectivity index (χ2v) is 7.33. The van der Waals surface area contributed by atoms with Gasteiger partial charge in [-0.05, 0) is 28.8 Å². The molecule has 1 heterocycles. The Balaban J connectivity index is 0.00000306. The van der Waals surface area contributed by atoms with Gasteiger partial charge in [-0.25, -0.2) is 0 Å². The first-order chi connectivity index (χ1) is 15.9. The summed E-state index contributed by atoms with van der Waals surface area (Å²) in [5, 5.41) is 3.48. The number of imidazole rings is 1. The number of rotatable bonds is 11. The van der Waals surface area contributed by atoms with E-state index < -0.39 is 0 Å². The lowest BCUT2D eigenvalue weighted by atomic mass is 10.2. The standard InChI is InChI=1S/C25H26N5O2.BrH/c26-28-27-15-16-31-17-18-32-25-29(19-21-9-3-1-4-10-21)23-13-7-8-14-24(23)30(25)20-22-11-5-2-6-12-22;/h1-14H,15-20H2;1H/q+1;/p-1. The fourth-order valence-electron chi connectivity index (χ4n) is 3.71. The van der Waals surface area contributed by atoms with E-state index in [1.807, 2.05) is 12.1 Å². The topological polar surface area (TPSA) is 76.0 Å². The van der Waals surface area contributed by atoms with E-state index in [4.69, 9.17) is 15.0 Å². The number of ether oxygens (including phenoxy) is 2. The molecular formula is C25H26BrN5O2. The predicted octanol–water partition coefficient (Wildman–Crippen LogP) is 1.74. The van der Waals surface area contributed by atoms with Gasteiger partial charge in [-0.15, -0.1) is 0 Å². The van der Waals surface area contributed by atoms with E-state index in [-0.39, 0.29) is 17.0 Å². The average molecular weight is 508 g/mol. The summed E-state index contributed by atoms with van der Waals surface area (Å²) in [6.07, 6.45) is 0. The molecule has 33 heavy (non-hydrogen) atoms. The highest BCUT2D eigenvalue weighted by Crippen LogP contribution is 2.22. The van der Waals surface area contributed by atoms with Crippen LogP contribution in [0.2, 0.25) is 0 Å². The van der Waals surface area contributed by atoms with Crippen molar-refractivity contribution in [2.75, 3.05) is 26.4 Å². The van der Waals surface area contributed by atoms with Crippen molar-refractivity contribution in [3.8, 4) is 6.01 Å². The summed E-state index contributed by atoms with van der Waals surface area (Å²) in [4.78, 5) is 2.74. The average Bonchev–Trinajstić information content (AvgIpc) is 3.12. The van der Waals surface area contributed by atoms with E-state index >= 15 is 0 Å². The van der Waals surface area contributed by atoms with Crippen molar-refractivity contribution in [3.05, 3.63) is 106 Å². The third-order valence-corrected chi connectivity index (χ3v) is 5.15. The first kappa shape index (κ1) is 24.3. The van der Waals surface area contributed by atoms with E-state index in [0.717, 1.165) is 17.0 Å². The Morgan fingerprint density at radius 1 is 0.818 bits per heavy atom. The van der Waals surface area contributed by atoms with Crippen molar-refractivity contribution in [2.45, 2.75) is 13.1 Å². The molecule has 0 aliphatic rings. The number of para-hydroxylation sites is 2. The van der Waals surface area contributed by atoms with Gasteiger partial charge in [0.2, 0.25) is 0 Å². The number of halogens is 1. The number of benzene rings is 3. The molecule has 3 aromatic carbocycles. The van der Waals surface area contributed by atoms with Crippen LogP contribution in [-0.4, -0.2) is 30.9 Å². The molecule has 0 aliphatic heterocycles. The van der Waals surface area contributed by atoms with Gasteiger partial charge >= 0.3 is 6.01 Å². The zero-order chi connectivity index (χ0) is 22.0. The van der Waals surface area contributed by atoms with E-state index in [0.29, 0.717) is 39.5 Å². The van der Waals surface area contributed by atoms with Crippen LogP contribution in [0.1, 0.15) is 11.1 Å².